The molecule has 19 heavy (non-hydrogen) atoms. The van der Waals surface area contributed by atoms with Crippen LogP contribution in [0.5, 0.6) is 0 Å². The number of rotatable bonds is 2. The summed E-state index contributed by atoms with van der Waals surface area (Å²) in [6.07, 6.45) is 1.72. The summed E-state index contributed by atoms with van der Waals surface area (Å²) in [5, 5.41) is 12.9. The zero-order valence-corrected chi connectivity index (χ0v) is 9.98. The van der Waals surface area contributed by atoms with Gasteiger partial charge in [0.15, 0.2) is 0 Å². The molecule has 0 spiro atoms. The average molecular weight is 250 g/mol. The Labute approximate surface area is 109 Å². The molecule has 0 unspecified atom stereocenters. The van der Waals surface area contributed by atoms with Crippen molar-refractivity contribution in [2.45, 2.75) is 0 Å². The zero-order valence-electron chi connectivity index (χ0n) is 9.98. The lowest BCUT2D eigenvalue weighted by Crippen LogP contribution is -1.90. The summed E-state index contributed by atoms with van der Waals surface area (Å²) in [5.74, 6) is 0. The summed E-state index contributed by atoms with van der Waals surface area (Å²) in [7, 11) is 0. The van der Waals surface area contributed by atoms with Crippen molar-refractivity contribution in [1.29, 1.82) is 0 Å². The maximum atomic E-state index is 10.8. The lowest BCUT2D eigenvalue weighted by molar-refractivity contribution is -0.384. The number of benzene rings is 2. The van der Waals surface area contributed by atoms with Gasteiger partial charge in [-0.1, -0.05) is 36.4 Å². The number of nitrogens with zero attached hydrogens (tertiary/aromatic N) is 2. The molecule has 2 aromatic carbocycles. The van der Waals surface area contributed by atoms with E-state index in [2.05, 4.69) is 4.98 Å². The first kappa shape index (κ1) is 11.3. The molecule has 0 aliphatic rings. The van der Waals surface area contributed by atoms with Crippen LogP contribution in [0, 0.1) is 10.1 Å². The number of nitro benzene ring substituents is 1. The van der Waals surface area contributed by atoms with Crippen LogP contribution in [0.15, 0.2) is 60.8 Å². The highest BCUT2D eigenvalue weighted by Gasteiger charge is 2.10. The van der Waals surface area contributed by atoms with Crippen molar-refractivity contribution in [2.24, 2.45) is 0 Å². The highest BCUT2D eigenvalue weighted by atomic mass is 16.6. The summed E-state index contributed by atoms with van der Waals surface area (Å²) < 4.78 is 0. The van der Waals surface area contributed by atoms with Gasteiger partial charge in [-0.15, -0.1) is 0 Å². The van der Waals surface area contributed by atoms with Crippen molar-refractivity contribution in [3.63, 3.8) is 0 Å². The van der Waals surface area contributed by atoms with Gasteiger partial charge in [-0.05, 0) is 11.5 Å². The summed E-state index contributed by atoms with van der Waals surface area (Å²) in [4.78, 5) is 14.8. The first-order valence-electron chi connectivity index (χ1n) is 5.84. The van der Waals surface area contributed by atoms with Crippen LogP contribution in [0.4, 0.5) is 5.69 Å². The van der Waals surface area contributed by atoms with Crippen LogP contribution in [-0.4, -0.2) is 9.91 Å². The van der Waals surface area contributed by atoms with E-state index in [9.17, 15) is 10.1 Å². The van der Waals surface area contributed by atoms with Gasteiger partial charge in [0.25, 0.3) is 5.69 Å². The van der Waals surface area contributed by atoms with Gasteiger partial charge >= 0.3 is 0 Å². The minimum atomic E-state index is -0.394. The van der Waals surface area contributed by atoms with Crippen LogP contribution in [0.3, 0.4) is 0 Å². The Morgan fingerprint density at radius 1 is 1.00 bits per heavy atom. The Kier molecular flexibility index (Phi) is 2.68. The van der Waals surface area contributed by atoms with Crippen LogP contribution < -0.4 is 0 Å². The smallest absolute Gasteiger partial charge is 0.258 e. The zero-order chi connectivity index (χ0) is 13.2. The monoisotopic (exact) mass is 250 g/mol. The van der Waals surface area contributed by atoms with Crippen LogP contribution in [0.2, 0.25) is 0 Å². The molecule has 0 saturated heterocycles. The highest BCUT2D eigenvalue weighted by Crippen LogP contribution is 2.28. The predicted molar refractivity (Wildman–Crippen MR) is 73.8 cm³/mol. The number of non-ortho nitro benzene ring substituents is 1. The molecule has 4 heteroatoms. The molecule has 0 atom stereocenters. The maximum Gasteiger partial charge on any atom is 0.270 e. The minimum absolute atomic E-state index is 0.0761. The number of hydrogen-bond acceptors (Lipinski definition) is 3. The van der Waals surface area contributed by atoms with Gasteiger partial charge in [0, 0.05) is 29.3 Å². The van der Waals surface area contributed by atoms with E-state index in [4.69, 9.17) is 0 Å². The SMILES string of the molecule is O=[N+]([O-])c1cccc(-c2nccc3ccccc23)c1. The lowest BCUT2D eigenvalue weighted by Gasteiger charge is -2.05. The first-order chi connectivity index (χ1) is 9.25. The van der Waals surface area contributed by atoms with Gasteiger partial charge in [-0.2, -0.15) is 0 Å². The van der Waals surface area contributed by atoms with Crippen molar-refractivity contribution >= 4 is 16.5 Å². The number of hydrogen-bond donors (Lipinski definition) is 0. The van der Waals surface area contributed by atoms with Gasteiger partial charge < -0.3 is 0 Å². The van der Waals surface area contributed by atoms with E-state index >= 15 is 0 Å². The molecule has 0 radical (unpaired) electrons. The van der Waals surface area contributed by atoms with Gasteiger partial charge in [0.1, 0.15) is 0 Å². The quantitative estimate of drug-likeness (QED) is 0.513. The Hall–Kier alpha value is -2.75. The van der Waals surface area contributed by atoms with Crippen molar-refractivity contribution in [3.05, 3.63) is 70.9 Å². The first-order valence-corrected chi connectivity index (χ1v) is 5.84. The molecule has 1 heterocycles. The molecule has 4 nitrogen and oxygen atoms in total. The second-order valence-corrected chi connectivity index (χ2v) is 4.19. The topological polar surface area (TPSA) is 56.0 Å². The molecular weight excluding hydrogens is 240 g/mol. The van der Waals surface area contributed by atoms with E-state index in [1.165, 1.54) is 6.07 Å². The molecule has 3 aromatic rings. The van der Waals surface area contributed by atoms with E-state index < -0.39 is 4.92 Å². The molecule has 0 fully saturated rings. The molecule has 0 saturated carbocycles. The normalized spacial score (nSPS) is 10.5. The second kappa shape index (κ2) is 4.49. The summed E-state index contributed by atoms with van der Waals surface area (Å²) >= 11 is 0. The third kappa shape index (κ3) is 2.04. The fourth-order valence-corrected chi connectivity index (χ4v) is 2.12. The molecule has 0 bridgehead atoms. The fourth-order valence-electron chi connectivity index (χ4n) is 2.12. The molecular formula is C15H10N2O2. The fraction of sp³-hybridized carbons (Fsp3) is 0. The Balaban J connectivity index is 2.24. The van der Waals surface area contributed by atoms with E-state index in [0.29, 0.717) is 0 Å². The predicted octanol–water partition coefficient (Wildman–Crippen LogP) is 3.81. The van der Waals surface area contributed by atoms with Crippen LogP contribution in [0.1, 0.15) is 0 Å². The van der Waals surface area contributed by atoms with Crippen LogP contribution >= 0.6 is 0 Å². The summed E-state index contributed by atoms with van der Waals surface area (Å²) in [6, 6.07) is 16.3. The van der Waals surface area contributed by atoms with Gasteiger partial charge in [-0.25, -0.2) is 0 Å². The number of pyridine rings is 1. The van der Waals surface area contributed by atoms with Gasteiger partial charge in [0.05, 0.1) is 10.6 Å². The second-order valence-electron chi connectivity index (χ2n) is 4.19. The molecule has 0 aliphatic carbocycles. The van der Waals surface area contributed by atoms with E-state index in [1.807, 2.05) is 36.4 Å². The third-order valence-electron chi connectivity index (χ3n) is 3.00. The van der Waals surface area contributed by atoms with Crippen LogP contribution in [-0.2, 0) is 0 Å². The van der Waals surface area contributed by atoms with Gasteiger partial charge in [-0.3, -0.25) is 15.1 Å². The number of nitro groups is 1. The minimum Gasteiger partial charge on any atom is -0.258 e. The standard InChI is InChI=1S/C15H10N2O2/c18-17(19)13-6-3-5-12(10-13)15-14-7-2-1-4-11(14)8-9-16-15/h1-10H. The maximum absolute atomic E-state index is 10.8. The molecule has 1 aromatic heterocycles. The van der Waals surface area contributed by atoms with Crippen LogP contribution in [0.25, 0.3) is 22.0 Å². The number of fused-ring (bicyclic) bond motifs is 1. The largest absolute Gasteiger partial charge is 0.270 e. The van der Waals surface area contributed by atoms with Crippen molar-refractivity contribution < 1.29 is 4.92 Å². The van der Waals surface area contributed by atoms with Crippen molar-refractivity contribution in [1.82, 2.24) is 4.98 Å². The molecule has 0 N–H and O–H groups in total. The summed E-state index contributed by atoms with van der Waals surface area (Å²) in [5.41, 5.74) is 1.60. The Bertz CT molecular complexity index is 763. The molecule has 0 amide bonds. The van der Waals surface area contributed by atoms with E-state index in [0.717, 1.165) is 22.0 Å². The van der Waals surface area contributed by atoms with E-state index in [-0.39, 0.29) is 5.69 Å². The van der Waals surface area contributed by atoms with E-state index in [1.54, 1.807) is 18.3 Å². The molecule has 92 valence electrons. The van der Waals surface area contributed by atoms with Crippen molar-refractivity contribution in [3.8, 4) is 11.3 Å². The molecule has 0 aliphatic heterocycles. The Morgan fingerprint density at radius 2 is 1.84 bits per heavy atom. The molecule has 3 rings (SSSR count). The Morgan fingerprint density at radius 3 is 2.68 bits per heavy atom. The summed E-state index contributed by atoms with van der Waals surface area (Å²) in [6.45, 7) is 0. The van der Waals surface area contributed by atoms with Crippen molar-refractivity contribution in [2.75, 3.05) is 0 Å². The highest BCUT2D eigenvalue weighted by molar-refractivity contribution is 5.94. The third-order valence-corrected chi connectivity index (χ3v) is 3.00. The average Bonchev–Trinajstić information content (AvgIpc) is 2.47. The number of aromatic nitrogens is 1. The van der Waals surface area contributed by atoms with Gasteiger partial charge in [0.2, 0.25) is 0 Å². The lowest BCUT2D eigenvalue weighted by atomic mass is 10.0.